The Morgan fingerprint density at radius 1 is 1.30 bits per heavy atom. The average molecular weight is 416 g/mol. The number of halogens is 1. The number of carbonyl (C=O) groups excluding carboxylic acids is 1. The molecular formula is C19H26ClNO5S. The lowest BCUT2D eigenvalue weighted by molar-refractivity contribution is -0.159. The van der Waals surface area contributed by atoms with Crippen LogP contribution in [-0.4, -0.2) is 57.4 Å². The van der Waals surface area contributed by atoms with Crippen molar-refractivity contribution in [2.24, 2.45) is 5.92 Å². The van der Waals surface area contributed by atoms with Gasteiger partial charge in [-0.3, -0.25) is 13.9 Å². The van der Waals surface area contributed by atoms with E-state index in [-0.39, 0.29) is 30.5 Å². The number of benzene rings is 1. The molecule has 0 aromatic heterocycles. The number of hydrogen-bond donors (Lipinski definition) is 0. The Bertz CT molecular complexity index is 782. The highest BCUT2D eigenvalue weighted by Gasteiger charge is 2.50. The molecular weight excluding hydrogens is 390 g/mol. The minimum Gasteiger partial charge on any atom is -0.460 e. The van der Waals surface area contributed by atoms with Gasteiger partial charge in [-0.05, 0) is 50.9 Å². The zero-order chi connectivity index (χ0) is 19.8. The van der Waals surface area contributed by atoms with Crippen molar-refractivity contribution in [2.45, 2.75) is 50.3 Å². The normalized spacial score (nSPS) is 29.5. The van der Waals surface area contributed by atoms with Gasteiger partial charge in [0.05, 0.1) is 12.2 Å². The molecule has 2 bridgehead atoms. The zero-order valence-corrected chi connectivity index (χ0v) is 17.4. The Balaban J connectivity index is 1.77. The second-order valence-corrected chi connectivity index (χ2v) is 9.70. The number of piperidine rings is 1. The van der Waals surface area contributed by atoms with Gasteiger partial charge in [-0.1, -0.05) is 23.7 Å². The maximum atomic E-state index is 13.0. The van der Waals surface area contributed by atoms with E-state index in [1.54, 1.807) is 6.92 Å². The summed E-state index contributed by atoms with van der Waals surface area (Å²) in [5.41, 5.74) is 1.09. The highest BCUT2D eigenvalue weighted by atomic mass is 35.5. The van der Waals surface area contributed by atoms with Crippen LogP contribution in [0.15, 0.2) is 24.3 Å². The second kappa shape index (κ2) is 8.07. The summed E-state index contributed by atoms with van der Waals surface area (Å²) in [4.78, 5) is 15.3. The molecule has 0 N–H and O–H groups in total. The summed E-state index contributed by atoms with van der Waals surface area (Å²) in [6.07, 6.45) is 3.26. The van der Waals surface area contributed by atoms with Gasteiger partial charge in [0.15, 0.2) is 0 Å². The summed E-state index contributed by atoms with van der Waals surface area (Å²) in [6, 6.07) is 8.25. The summed E-state index contributed by atoms with van der Waals surface area (Å²) in [7, 11) is -1.50. The van der Waals surface area contributed by atoms with E-state index in [0.29, 0.717) is 11.1 Å². The maximum absolute atomic E-state index is 13.0. The predicted octanol–water partition coefficient (Wildman–Crippen LogP) is 2.81. The number of ether oxygens (including phenoxy) is 1. The third-order valence-corrected chi connectivity index (χ3v) is 6.49. The van der Waals surface area contributed by atoms with Gasteiger partial charge in [0.1, 0.15) is 12.7 Å². The van der Waals surface area contributed by atoms with Gasteiger partial charge in [-0.2, -0.15) is 8.42 Å². The highest BCUT2D eigenvalue weighted by Crippen LogP contribution is 2.46. The average Bonchev–Trinajstić information content (AvgIpc) is 2.82. The quantitative estimate of drug-likeness (QED) is 0.525. The topological polar surface area (TPSA) is 72.9 Å². The molecule has 2 fully saturated rings. The largest absolute Gasteiger partial charge is 0.460 e. The number of carbonyl (C=O) groups is 1. The lowest BCUT2D eigenvalue weighted by Crippen LogP contribution is -2.49. The molecule has 0 amide bonds. The monoisotopic (exact) mass is 415 g/mol. The van der Waals surface area contributed by atoms with Gasteiger partial charge in [-0.15, -0.1) is 0 Å². The molecule has 6 nitrogen and oxygen atoms in total. The van der Waals surface area contributed by atoms with Gasteiger partial charge in [0, 0.05) is 23.0 Å². The summed E-state index contributed by atoms with van der Waals surface area (Å²) in [5.74, 6) is -0.529. The molecule has 1 aromatic rings. The summed E-state index contributed by atoms with van der Waals surface area (Å²) in [6.45, 7) is 1.47. The van der Waals surface area contributed by atoms with E-state index in [1.165, 1.54) is 0 Å². The van der Waals surface area contributed by atoms with Crippen molar-refractivity contribution in [3.8, 4) is 0 Å². The van der Waals surface area contributed by atoms with Crippen molar-refractivity contribution in [2.75, 3.05) is 19.9 Å². The second-order valence-electron chi connectivity index (χ2n) is 7.62. The van der Waals surface area contributed by atoms with Crippen molar-refractivity contribution in [1.82, 2.24) is 4.90 Å². The molecule has 1 aromatic carbocycles. The Kier molecular flexibility index (Phi) is 6.15. The Morgan fingerprint density at radius 2 is 1.96 bits per heavy atom. The molecule has 2 saturated heterocycles. The van der Waals surface area contributed by atoms with Crippen molar-refractivity contribution >= 4 is 27.7 Å². The van der Waals surface area contributed by atoms with Crippen LogP contribution >= 0.6 is 11.6 Å². The van der Waals surface area contributed by atoms with E-state index in [1.807, 2.05) is 24.3 Å². The summed E-state index contributed by atoms with van der Waals surface area (Å²) >= 11 is 6.02. The standard InChI is InChI=1S/C19H26ClNO5S/c1-12(11-25-27(3,23)24)26-19(22)18-16(13-4-6-14(20)7-5-13)10-15-8-9-17(18)21(15)2/h4-7,12,15-18H,8-11H2,1-3H3/t12-,15-,16+,17+,18-/m0/s1. The molecule has 27 heavy (non-hydrogen) atoms. The van der Waals surface area contributed by atoms with Crippen LogP contribution in [0.2, 0.25) is 5.02 Å². The molecule has 150 valence electrons. The Morgan fingerprint density at radius 3 is 2.59 bits per heavy atom. The van der Waals surface area contributed by atoms with E-state index >= 15 is 0 Å². The fourth-order valence-electron chi connectivity index (χ4n) is 4.37. The van der Waals surface area contributed by atoms with Crippen molar-refractivity contribution in [1.29, 1.82) is 0 Å². The summed E-state index contributed by atoms with van der Waals surface area (Å²) < 4.78 is 32.6. The van der Waals surface area contributed by atoms with E-state index in [2.05, 4.69) is 11.9 Å². The first kappa shape index (κ1) is 20.6. The fraction of sp³-hybridized carbons (Fsp3) is 0.632. The van der Waals surface area contributed by atoms with Gasteiger partial charge >= 0.3 is 5.97 Å². The van der Waals surface area contributed by atoms with Gasteiger partial charge < -0.3 is 4.74 Å². The molecule has 2 heterocycles. The van der Waals surface area contributed by atoms with Crippen LogP contribution in [0.4, 0.5) is 0 Å². The molecule has 0 saturated carbocycles. The lowest BCUT2D eigenvalue weighted by atomic mass is 9.76. The van der Waals surface area contributed by atoms with Crippen LogP contribution in [0.25, 0.3) is 0 Å². The van der Waals surface area contributed by atoms with Crippen molar-refractivity contribution in [3.63, 3.8) is 0 Å². The first-order valence-corrected chi connectivity index (χ1v) is 11.4. The van der Waals surface area contributed by atoms with Gasteiger partial charge in [0.25, 0.3) is 10.1 Å². The molecule has 5 atom stereocenters. The van der Waals surface area contributed by atoms with Crippen molar-refractivity contribution in [3.05, 3.63) is 34.9 Å². The van der Waals surface area contributed by atoms with Gasteiger partial charge in [0.2, 0.25) is 0 Å². The maximum Gasteiger partial charge on any atom is 0.311 e. The fourth-order valence-corrected chi connectivity index (χ4v) is 4.94. The third-order valence-electron chi connectivity index (χ3n) is 5.67. The van der Waals surface area contributed by atoms with Crippen LogP contribution in [-0.2, 0) is 23.8 Å². The van der Waals surface area contributed by atoms with E-state index in [0.717, 1.165) is 31.1 Å². The molecule has 8 heteroatoms. The smallest absolute Gasteiger partial charge is 0.311 e. The molecule has 0 aliphatic carbocycles. The van der Waals surface area contributed by atoms with Gasteiger partial charge in [-0.25, -0.2) is 0 Å². The molecule has 0 radical (unpaired) electrons. The molecule has 0 unspecified atom stereocenters. The number of nitrogens with zero attached hydrogens (tertiary/aromatic N) is 1. The summed E-state index contributed by atoms with van der Waals surface area (Å²) in [5, 5.41) is 0.667. The highest BCUT2D eigenvalue weighted by molar-refractivity contribution is 7.85. The predicted molar refractivity (Wildman–Crippen MR) is 103 cm³/mol. The number of fused-ring (bicyclic) bond motifs is 2. The minimum absolute atomic E-state index is 0.0616. The van der Waals surface area contributed by atoms with Crippen LogP contribution < -0.4 is 0 Å². The first-order chi connectivity index (χ1) is 12.7. The molecule has 0 spiro atoms. The molecule has 2 aliphatic heterocycles. The number of rotatable bonds is 6. The number of hydrogen-bond acceptors (Lipinski definition) is 6. The van der Waals surface area contributed by atoms with E-state index in [4.69, 9.17) is 20.5 Å². The SMILES string of the molecule is C[C@@H](COS(C)(=O)=O)OC(=O)[C@H]1[C@@H](c2ccc(Cl)cc2)C[C@@H]2CC[C@H]1N2C. The third kappa shape index (κ3) is 4.83. The molecule has 3 rings (SSSR count). The van der Waals surface area contributed by atoms with Crippen LogP contribution in [0.1, 0.15) is 37.7 Å². The van der Waals surface area contributed by atoms with Crippen LogP contribution in [0.5, 0.6) is 0 Å². The number of esters is 1. The minimum atomic E-state index is -3.57. The van der Waals surface area contributed by atoms with Crippen LogP contribution in [0, 0.1) is 5.92 Å². The Hall–Kier alpha value is -1.15. The zero-order valence-electron chi connectivity index (χ0n) is 15.8. The van der Waals surface area contributed by atoms with Crippen LogP contribution in [0.3, 0.4) is 0 Å². The molecule has 2 aliphatic rings. The van der Waals surface area contributed by atoms with Crippen molar-refractivity contribution < 1.29 is 22.1 Å². The lowest BCUT2D eigenvalue weighted by Gasteiger charge is -2.42. The van der Waals surface area contributed by atoms with E-state index in [9.17, 15) is 13.2 Å². The first-order valence-electron chi connectivity index (χ1n) is 9.18. The Labute approximate surface area is 165 Å². The van der Waals surface area contributed by atoms with E-state index < -0.39 is 16.2 Å².